The minimum absolute atomic E-state index is 0.230. The number of nitrogens with zero attached hydrogens (tertiary/aromatic N) is 1. The van der Waals surface area contributed by atoms with Crippen LogP contribution in [-0.4, -0.2) is 50.3 Å². The third kappa shape index (κ3) is 3.64. The average Bonchev–Trinajstić information content (AvgIpc) is 2.36. The van der Waals surface area contributed by atoms with Crippen LogP contribution in [0.1, 0.15) is 33.1 Å². The molecule has 1 atom stereocenters. The molecule has 0 spiro atoms. The van der Waals surface area contributed by atoms with Gasteiger partial charge in [0.2, 0.25) is 10.0 Å². The molecule has 0 aromatic rings. The number of hydrogen-bond acceptors (Lipinski definition) is 4. The third-order valence-electron chi connectivity index (χ3n) is 3.38. The number of rotatable bonds is 6. The van der Waals surface area contributed by atoms with E-state index in [0.29, 0.717) is 32.7 Å². The maximum absolute atomic E-state index is 12.1. The molecule has 5 nitrogen and oxygen atoms in total. The summed E-state index contributed by atoms with van der Waals surface area (Å²) < 4.78 is 31.4. The summed E-state index contributed by atoms with van der Waals surface area (Å²) in [5.41, 5.74) is 5.22. The van der Waals surface area contributed by atoms with Crippen molar-refractivity contribution in [2.24, 2.45) is 5.73 Å². The van der Waals surface area contributed by atoms with Gasteiger partial charge in [-0.15, -0.1) is 0 Å². The monoisotopic (exact) mass is 264 g/mol. The van der Waals surface area contributed by atoms with Crippen molar-refractivity contribution in [3.63, 3.8) is 0 Å². The Morgan fingerprint density at radius 2 is 2.12 bits per heavy atom. The lowest BCUT2D eigenvalue weighted by Crippen LogP contribution is -2.57. The maximum atomic E-state index is 12.1. The van der Waals surface area contributed by atoms with Gasteiger partial charge < -0.3 is 10.5 Å². The molecule has 102 valence electrons. The van der Waals surface area contributed by atoms with E-state index in [2.05, 4.69) is 0 Å². The first kappa shape index (κ1) is 14.9. The van der Waals surface area contributed by atoms with E-state index in [1.165, 1.54) is 0 Å². The predicted molar refractivity (Wildman–Crippen MR) is 68.3 cm³/mol. The number of ether oxygens (including phenoxy) is 1. The van der Waals surface area contributed by atoms with Crippen LogP contribution >= 0.6 is 0 Å². The van der Waals surface area contributed by atoms with Crippen LogP contribution in [0, 0.1) is 0 Å². The van der Waals surface area contributed by atoms with Crippen molar-refractivity contribution < 1.29 is 13.2 Å². The highest BCUT2D eigenvalue weighted by molar-refractivity contribution is 7.89. The summed E-state index contributed by atoms with van der Waals surface area (Å²) in [6.07, 6.45) is 2.34. The zero-order valence-corrected chi connectivity index (χ0v) is 11.6. The van der Waals surface area contributed by atoms with Gasteiger partial charge in [-0.1, -0.05) is 20.3 Å². The number of sulfonamides is 1. The minimum atomic E-state index is -3.14. The van der Waals surface area contributed by atoms with E-state index >= 15 is 0 Å². The first-order chi connectivity index (χ1) is 7.99. The van der Waals surface area contributed by atoms with Crippen molar-refractivity contribution in [3.05, 3.63) is 0 Å². The van der Waals surface area contributed by atoms with Crippen molar-refractivity contribution in [2.45, 2.75) is 38.7 Å². The fourth-order valence-corrected chi connectivity index (χ4v) is 3.68. The SMILES string of the molecule is CCCCS(=O)(=O)N1CCOC(CC)(CN)C1. The van der Waals surface area contributed by atoms with Gasteiger partial charge in [0.25, 0.3) is 0 Å². The molecule has 1 rings (SSSR count). The highest BCUT2D eigenvalue weighted by Gasteiger charge is 2.38. The molecule has 0 bridgehead atoms. The third-order valence-corrected chi connectivity index (χ3v) is 5.28. The number of morpholine rings is 1. The molecule has 0 radical (unpaired) electrons. The van der Waals surface area contributed by atoms with Gasteiger partial charge in [0.15, 0.2) is 0 Å². The molecule has 0 aliphatic carbocycles. The van der Waals surface area contributed by atoms with Crippen LogP contribution in [0.5, 0.6) is 0 Å². The smallest absolute Gasteiger partial charge is 0.214 e. The van der Waals surface area contributed by atoms with Crippen LogP contribution in [0.4, 0.5) is 0 Å². The van der Waals surface area contributed by atoms with Crippen molar-refractivity contribution in [1.82, 2.24) is 4.31 Å². The predicted octanol–water partition coefficient (Wildman–Crippen LogP) is 0.556. The molecule has 1 saturated heterocycles. The summed E-state index contributed by atoms with van der Waals surface area (Å²) in [7, 11) is -3.14. The van der Waals surface area contributed by atoms with Crippen LogP contribution in [0.2, 0.25) is 0 Å². The fraction of sp³-hybridized carbons (Fsp3) is 1.00. The molecule has 0 aromatic heterocycles. The van der Waals surface area contributed by atoms with E-state index < -0.39 is 15.6 Å². The second-order valence-electron chi connectivity index (χ2n) is 4.59. The molecule has 0 aromatic carbocycles. The van der Waals surface area contributed by atoms with E-state index in [0.717, 1.165) is 12.8 Å². The molecule has 1 unspecified atom stereocenters. The topological polar surface area (TPSA) is 72.6 Å². The molecule has 1 heterocycles. The van der Waals surface area contributed by atoms with Crippen LogP contribution in [-0.2, 0) is 14.8 Å². The first-order valence-corrected chi connectivity index (χ1v) is 7.92. The lowest BCUT2D eigenvalue weighted by molar-refractivity contribution is -0.0848. The molecule has 2 N–H and O–H groups in total. The van der Waals surface area contributed by atoms with Crippen molar-refractivity contribution in [3.8, 4) is 0 Å². The van der Waals surface area contributed by atoms with Crippen molar-refractivity contribution in [2.75, 3.05) is 32.0 Å². The summed E-state index contributed by atoms with van der Waals surface area (Å²) in [6, 6.07) is 0. The summed E-state index contributed by atoms with van der Waals surface area (Å²) >= 11 is 0. The Hall–Kier alpha value is -0.170. The van der Waals surface area contributed by atoms with Crippen LogP contribution in [0.25, 0.3) is 0 Å². The van der Waals surface area contributed by atoms with Gasteiger partial charge in [-0.25, -0.2) is 8.42 Å². The van der Waals surface area contributed by atoms with E-state index in [9.17, 15) is 8.42 Å². The van der Waals surface area contributed by atoms with E-state index in [4.69, 9.17) is 10.5 Å². The minimum Gasteiger partial charge on any atom is -0.371 e. The summed E-state index contributed by atoms with van der Waals surface area (Å²) in [4.78, 5) is 0. The van der Waals surface area contributed by atoms with Gasteiger partial charge in [0, 0.05) is 19.6 Å². The average molecular weight is 264 g/mol. The van der Waals surface area contributed by atoms with Gasteiger partial charge in [0.05, 0.1) is 18.0 Å². The Morgan fingerprint density at radius 1 is 1.41 bits per heavy atom. The van der Waals surface area contributed by atoms with Gasteiger partial charge in [-0.3, -0.25) is 0 Å². The van der Waals surface area contributed by atoms with Gasteiger partial charge in [-0.2, -0.15) is 4.31 Å². The molecule has 1 aliphatic rings. The molecular weight excluding hydrogens is 240 g/mol. The van der Waals surface area contributed by atoms with Crippen LogP contribution in [0.3, 0.4) is 0 Å². The van der Waals surface area contributed by atoms with Gasteiger partial charge >= 0.3 is 0 Å². The summed E-state index contributed by atoms with van der Waals surface area (Å²) in [6.45, 7) is 5.62. The molecule has 0 saturated carbocycles. The molecule has 6 heteroatoms. The molecule has 17 heavy (non-hydrogen) atoms. The second-order valence-corrected chi connectivity index (χ2v) is 6.68. The van der Waals surface area contributed by atoms with Gasteiger partial charge in [0.1, 0.15) is 0 Å². The molecule has 1 aliphatic heterocycles. The summed E-state index contributed by atoms with van der Waals surface area (Å²) in [5.74, 6) is 0.230. The Morgan fingerprint density at radius 3 is 2.65 bits per heavy atom. The zero-order chi connectivity index (χ0) is 12.9. The maximum Gasteiger partial charge on any atom is 0.214 e. The number of unbranched alkanes of at least 4 members (excludes halogenated alkanes) is 1. The van der Waals surface area contributed by atoms with Crippen LogP contribution in [0.15, 0.2) is 0 Å². The van der Waals surface area contributed by atoms with Crippen molar-refractivity contribution in [1.29, 1.82) is 0 Å². The van der Waals surface area contributed by atoms with E-state index in [1.54, 1.807) is 4.31 Å². The Bertz CT molecular complexity index is 326. The molecule has 1 fully saturated rings. The lowest BCUT2D eigenvalue weighted by atomic mass is 10.00. The normalized spacial score (nSPS) is 27.2. The van der Waals surface area contributed by atoms with Crippen molar-refractivity contribution >= 4 is 10.0 Å². The quantitative estimate of drug-likeness (QED) is 0.760. The standard InChI is InChI=1S/C11H24N2O3S/c1-3-5-8-17(14,15)13-6-7-16-11(4-2,9-12)10-13/h3-10,12H2,1-2H3. The Kier molecular flexibility index (Phi) is 5.37. The lowest BCUT2D eigenvalue weighted by Gasteiger charge is -2.41. The van der Waals surface area contributed by atoms with E-state index in [1.807, 2.05) is 13.8 Å². The largest absolute Gasteiger partial charge is 0.371 e. The second kappa shape index (κ2) is 6.13. The first-order valence-electron chi connectivity index (χ1n) is 6.31. The van der Waals surface area contributed by atoms with E-state index in [-0.39, 0.29) is 5.75 Å². The zero-order valence-electron chi connectivity index (χ0n) is 10.8. The number of hydrogen-bond donors (Lipinski definition) is 1. The summed E-state index contributed by atoms with van der Waals surface area (Å²) in [5, 5.41) is 0. The molecule has 0 amide bonds. The van der Waals surface area contributed by atoms with Gasteiger partial charge in [-0.05, 0) is 12.8 Å². The highest BCUT2D eigenvalue weighted by atomic mass is 32.2. The molecular formula is C11H24N2O3S. The Labute approximate surface area is 104 Å². The number of nitrogens with two attached hydrogens (primary N) is 1. The van der Waals surface area contributed by atoms with Crippen LogP contribution < -0.4 is 5.73 Å². The fourth-order valence-electron chi connectivity index (χ4n) is 1.99. The Balaban J connectivity index is 2.72. The highest BCUT2D eigenvalue weighted by Crippen LogP contribution is 2.23.